The number of para-hydroxylation sites is 4. The number of anilines is 6. The fraction of sp³-hybridized carbons (Fsp3) is 0. The Morgan fingerprint density at radius 3 is 1.42 bits per heavy atom. The maximum atomic E-state index is 6.63. The van der Waals surface area contributed by atoms with Crippen molar-refractivity contribution in [2.75, 3.05) is 9.80 Å². The van der Waals surface area contributed by atoms with Crippen LogP contribution in [0.2, 0.25) is 0 Å². The largest absolute Gasteiger partial charge is 0.456 e. The van der Waals surface area contributed by atoms with Gasteiger partial charge in [-0.1, -0.05) is 84.9 Å². The molecule has 5 nitrogen and oxygen atoms in total. The number of fused-ring (bicyclic) bond motifs is 9. The zero-order chi connectivity index (χ0) is 34.9. The molecule has 11 aromatic rings. The highest BCUT2D eigenvalue weighted by atomic mass is 16.3. The van der Waals surface area contributed by atoms with Crippen LogP contribution in [0.15, 0.2) is 195 Å². The molecule has 0 aliphatic carbocycles. The van der Waals surface area contributed by atoms with Crippen molar-refractivity contribution < 1.29 is 13.3 Å². The second-order valence-electron chi connectivity index (χ2n) is 13.3. The second-order valence-corrected chi connectivity index (χ2v) is 13.3. The smallest absolute Gasteiger partial charge is 0.137 e. The first kappa shape index (κ1) is 29.5. The Balaban J connectivity index is 1.20. The van der Waals surface area contributed by atoms with E-state index in [0.29, 0.717) is 0 Å². The summed E-state index contributed by atoms with van der Waals surface area (Å²) < 4.78 is 19.5. The molecule has 0 unspecified atom stereocenters. The van der Waals surface area contributed by atoms with Crippen LogP contribution in [0.25, 0.3) is 65.8 Å². The van der Waals surface area contributed by atoms with E-state index < -0.39 is 0 Å². The molecule has 53 heavy (non-hydrogen) atoms. The van der Waals surface area contributed by atoms with Gasteiger partial charge in [0, 0.05) is 50.4 Å². The average molecular weight is 683 g/mol. The number of nitrogens with zero attached hydrogens (tertiary/aromatic N) is 2. The van der Waals surface area contributed by atoms with Crippen LogP contribution in [0.4, 0.5) is 34.1 Å². The molecule has 3 heterocycles. The summed E-state index contributed by atoms with van der Waals surface area (Å²) in [6, 6.07) is 63.0. The molecule has 0 aliphatic heterocycles. The summed E-state index contributed by atoms with van der Waals surface area (Å²) >= 11 is 0. The first-order chi connectivity index (χ1) is 26.3. The van der Waals surface area contributed by atoms with E-state index in [1.807, 2.05) is 42.5 Å². The predicted molar refractivity (Wildman–Crippen MR) is 218 cm³/mol. The van der Waals surface area contributed by atoms with Crippen LogP contribution in [0.5, 0.6) is 0 Å². The molecule has 0 saturated heterocycles. The molecule has 11 rings (SSSR count). The summed E-state index contributed by atoms with van der Waals surface area (Å²) in [5.41, 5.74) is 11.1. The van der Waals surface area contributed by atoms with Crippen LogP contribution in [-0.2, 0) is 0 Å². The lowest BCUT2D eigenvalue weighted by atomic mass is 10.0. The van der Waals surface area contributed by atoms with Crippen molar-refractivity contribution in [1.29, 1.82) is 0 Å². The van der Waals surface area contributed by atoms with Gasteiger partial charge in [0.25, 0.3) is 0 Å². The van der Waals surface area contributed by atoms with Crippen LogP contribution in [0.1, 0.15) is 0 Å². The van der Waals surface area contributed by atoms with Crippen molar-refractivity contribution in [3.8, 4) is 0 Å². The highest BCUT2D eigenvalue weighted by molar-refractivity contribution is 6.18. The van der Waals surface area contributed by atoms with E-state index in [-0.39, 0.29) is 0 Å². The van der Waals surface area contributed by atoms with Gasteiger partial charge in [0.15, 0.2) is 0 Å². The lowest BCUT2D eigenvalue weighted by Crippen LogP contribution is -2.11. The van der Waals surface area contributed by atoms with Gasteiger partial charge >= 0.3 is 0 Å². The molecule has 0 spiro atoms. The van der Waals surface area contributed by atoms with Crippen molar-refractivity contribution in [1.82, 2.24) is 0 Å². The van der Waals surface area contributed by atoms with E-state index in [0.717, 1.165) is 99.9 Å². The third kappa shape index (κ3) is 4.64. The van der Waals surface area contributed by atoms with Crippen molar-refractivity contribution in [3.63, 3.8) is 0 Å². The molecule has 250 valence electrons. The SMILES string of the molecule is c1ccc(N(c2ccccc2)c2ccc3oc4cccc(N(c5ccc6c(c5)oc5ccccc56)c5cccc6oc7ccccc7c56)c4c3c2)cc1. The number of benzene rings is 8. The van der Waals surface area contributed by atoms with Gasteiger partial charge in [0.1, 0.15) is 33.5 Å². The Morgan fingerprint density at radius 1 is 0.264 bits per heavy atom. The molecule has 0 atom stereocenters. The van der Waals surface area contributed by atoms with Crippen LogP contribution < -0.4 is 9.80 Å². The van der Waals surface area contributed by atoms with Gasteiger partial charge in [-0.15, -0.1) is 0 Å². The van der Waals surface area contributed by atoms with Gasteiger partial charge in [0.05, 0.1) is 22.1 Å². The van der Waals surface area contributed by atoms with Gasteiger partial charge in [-0.3, -0.25) is 0 Å². The normalized spacial score (nSPS) is 11.8. The minimum atomic E-state index is 0.805. The number of furan rings is 3. The van der Waals surface area contributed by atoms with Gasteiger partial charge in [0.2, 0.25) is 0 Å². The highest BCUT2D eigenvalue weighted by Gasteiger charge is 2.24. The fourth-order valence-electron chi connectivity index (χ4n) is 7.93. The molecule has 8 aromatic carbocycles. The molecule has 0 N–H and O–H groups in total. The molecule has 0 fully saturated rings. The minimum absolute atomic E-state index is 0.805. The summed E-state index contributed by atoms with van der Waals surface area (Å²) in [5, 5.41) is 6.30. The van der Waals surface area contributed by atoms with E-state index in [1.54, 1.807) is 0 Å². The molecule has 0 saturated carbocycles. The maximum absolute atomic E-state index is 6.63. The Morgan fingerprint density at radius 2 is 0.736 bits per heavy atom. The number of rotatable bonds is 6. The zero-order valence-electron chi connectivity index (χ0n) is 28.4. The van der Waals surface area contributed by atoms with E-state index in [1.165, 1.54) is 0 Å². The zero-order valence-corrected chi connectivity index (χ0v) is 28.4. The molecule has 5 heteroatoms. The summed E-state index contributed by atoms with van der Waals surface area (Å²) in [6.07, 6.45) is 0. The van der Waals surface area contributed by atoms with Crippen LogP contribution in [0, 0.1) is 0 Å². The van der Waals surface area contributed by atoms with Crippen molar-refractivity contribution >= 4 is 99.9 Å². The molecule has 3 aromatic heterocycles. The minimum Gasteiger partial charge on any atom is -0.456 e. The van der Waals surface area contributed by atoms with Crippen molar-refractivity contribution in [2.24, 2.45) is 0 Å². The standard InChI is InChI=1S/C48H30N2O3/c1-3-13-31(14-4-1)49(32-15-5-2-6-16-32)33-26-28-43-38(29-33)48-40(20-12-24-45(48)52-43)50(34-25-27-36-35-17-7-9-21-41(35)53-46(36)30-34)39-19-11-23-44-47(39)37-18-8-10-22-42(37)51-44/h1-30H. The van der Waals surface area contributed by atoms with Crippen LogP contribution in [0.3, 0.4) is 0 Å². The molecular formula is C48H30N2O3. The van der Waals surface area contributed by atoms with E-state index >= 15 is 0 Å². The summed E-state index contributed by atoms with van der Waals surface area (Å²) in [6.45, 7) is 0. The average Bonchev–Trinajstić information content (AvgIpc) is 3.90. The number of hydrogen-bond donors (Lipinski definition) is 0. The first-order valence-corrected chi connectivity index (χ1v) is 17.8. The Hall–Kier alpha value is -7.24. The third-order valence-electron chi connectivity index (χ3n) is 10.2. The Kier molecular flexibility index (Phi) is 6.48. The summed E-state index contributed by atoms with van der Waals surface area (Å²) in [7, 11) is 0. The lowest BCUT2D eigenvalue weighted by Gasteiger charge is -2.27. The van der Waals surface area contributed by atoms with Crippen molar-refractivity contribution in [2.45, 2.75) is 0 Å². The van der Waals surface area contributed by atoms with Crippen LogP contribution >= 0.6 is 0 Å². The van der Waals surface area contributed by atoms with Crippen LogP contribution in [-0.4, -0.2) is 0 Å². The van der Waals surface area contributed by atoms with E-state index in [2.05, 4.69) is 149 Å². The molecule has 0 aliphatic rings. The quantitative estimate of drug-likeness (QED) is 0.175. The fourth-order valence-corrected chi connectivity index (χ4v) is 7.93. The third-order valence-corrected chi connectivity index (χ3v) is 10.2. The number of hydrogen-bond acceptors (Lipinski definition) is 5. The van der Waals surface area contributed by atoms with E-state index in [9.17, 15) is 0 Å². The Bertz CT molecular complexity index is 3100. The maximum Gasteiger partial charge on any atom is 0.137 e. The molecule has 0 bridgehead atoms. The molecule has 0 radical (unpaired) electrons. The van der Waals surface area contributed by atoms with Gasteiger partial charge < -0.3 is 23.1 Å². The summed E-state index contributed by atoms with van der Waals surface area (Å²) in [5.74, 6) is 0. The van der Waals surface area contributed by atoms with Crippen molar-refractivity contribution in [3.05, 3.63) is 182 Å². The highest BCUT2D eigenvalue weighted by Crippen LogP contribution is 2.48. The Labute approximate surface area is 304 Å². The topological polar surface area (TPSA) is 45.9 Å². The van der Waals surface area contributed by atoms with E-state index in [4.69, 9.17) is 13.3 Å². The molecule has 0 amide bonds. The molecular weight excluding hydrogens is 653 g/mol. The predicted octanol–water partition coefficient (Wildman–Crippen LogP) is 14.3. The van der Waals surface area contributed by atoms with Gasteiger partial charge in [-0.25, -0.2) is 0 Å². The monoisotopic (exact) mass is 682 g/mol. The second kappa shape index (κ2) is 11.7. The lowest BCUT2D eigenvalue weighted by molar-refractivity contribution is 0.668. The summed E-state index contributed by atoms with van der Waals surface area (Å²) in [4.78, 5) is 4.61. The van der Waals surface area contributed by atoms with Gasteiger partial charge in [-0.2, -0.15) is 0 Å². The first-order valence-electron chi connectivity index (χ1n) is 17.8. The van der Waals surface area contributed by atoms with Gasteiger partial charge in [-0.05, 0) is 91.0 Å².